The minimum Gasteiger partial charge on any atom is -0.393 e. The third-order valence-electron chi connectivity index (χ3n) is 16.2. The molecule has 15 nitrogen and oxygen atoms in total. The summed E-state index contributed by atoms with van der Waals surface area (Å²) in [7, 11) is 4.39. The number of rotatable bonds is 14. The van der Waals surface area contributed by atoms with E-state index in [2.05, 4.69) is 27.7 Å². The third kappa shape index (κ3) is 8.13. The molecular formula is C42H74O15. The topological polar surface area (TPSA) is 226 Å². The lowest BCUT2D eigenvalue weighted by Crippen LogP contribution is -2.71. The highest BCUT2D eigenvalue weighted by atomic mass is 16.7. The number of hydrogen-bond donors (Lipinski definition) is 8. The molecule has 8 N–H and O–H groups in total. The number of hydrogen-bond acceptors (Lipinski definition) is 15. The van der Waals surface area contributed by atoms with Gasteiger partial charge in [0.05, 0.1) is 55.9 Å². The normalized spacial score (nSPS) is 51.2. The monoisotopic (exact) mass is 819 g/mol. The second kappa shape index (κ2) is 18.0. The van der Waals surface area contributed by atoms with Crippen molar-refractivity contribution >= 4 is 0 Å². The van der Waals surface area contributed by atoms with E-state index in [0.717, 1.165) is 19.3 Å². The van der Waals surface area contributed by atoms with Gasteiger partial charge in [0.25, 0.3) is 0 Å². The molecule has 2 saturated heterocycles. The average molecular weight is 819 g/mol. The van der Waals surface area contributed by atoms with Crippen molar-refractivity contribution < 1.29 is 74.0 Å². The lowest BCUT2D eigenvalue weighted by molar-refractivity contribution is -0.334. The minimum atomic E-state index is -1.43. The molecule has 0 bridgehead atoms. The van der Waals surface area contributed by atoms with Gasteiger partial charge < -0.3 is 74.0 Å². The molecule has 4 saturated carbocycles. The Balaban J connectivity index is 1.04. The van der Waals surface area contributed by atoms with E-state index in [4.69, 9.17) is 33.2 Å². The van der Waals surface area contributed by atoms with Gasteiger partial charge in [-0.05, 0) is 78.9 Å². The van der Waals surface area contributed by atoms with Gasteiger partial charge in [0.2, 0.25) is 0 Å². The van der Waals surface area contributed by atoms with E-state index in [1.54, 1.807) is 0 Å². The Labute approximate surface area is 338 Å². The minimum absolute atomic E-state index is 0.00593. The molecule has 0 aromatic carbocycles. The van der Waals surface area contributed by atoms with Crippen molar-refractivity contribution in [3.05, 3.63) is 0 Å². The Morgan fingerprint density at radius 2 is 1.28 bits per heavy atom. The molecule has 0 spiro atoms. The van der Waals surface area contributed by atoms with Crippen LogP contribution in [0.15, 0.2) is 0 Å². The van der Waals surface area contributed by atoms with Crippen LogP contribution in [0.3, 0.4) is 0 Å². The molecule has 0 amide bonds. The van der Waals surface area contributed by atoms with Crippen LogP contribution >= 0.6 is 0 Å². The van der Waals surface area contributed by atoms with E-state index in [0.29, 0.717) is 38.2 Å². The first-order valence-corrected chi connectivity index (χ1v) is 21.5. The molecule has 6 rings (SSSR count). The van der Waals surface area contributed by atoms with E-state index >= 15 is 0 Å². The molecule has 15 heteroatoms. The largest absolute Gasteiger partial charge is 0.393 e. The van der Waals surface area contributed by atoms with Crippen molar-refractivity contribution in [2.45, 2.75) is 171 Å². The summed E-state index contributed by atoms with van der Waals surface area (Å²) in [6.07, 6.45) is -7.56. The SMILES string of the molecule is CO[C@H]1[C@H](O[C@@H]2CO[C@@H](OCC[C@@H](CC[C@@H](C)[C@H]3[C@@H](O)[C@@H](O)[C@@H]4[C@]3(C)CC[C@@H]3[C@@]5(C)CC[C@H](O)[C@H](O)[C@@H]5[C@@H](O)C[C@]34O)C(C)C)[C@H](OC)[C@H]2O)OC[C@@H](OC)[C@@H]1O. The maximum atomic E-state index is 12.7. The van der Waals surface area contributed by atoms with Crippen molar-refractivity contribution in [1.82, 2.24) is 0 Å². The van der Waals surface area contributed by atoms with Gasteiger partial charge in [-0.2, -0.15) is 0 Å². The summed E-state index contributed by atoms with van der Waals surface area (Å²) in [6.45, 7) is 11.0. The molecule has 0 radical (unpaired) electrons. The summed E-state index contributed by atoms with van der Waals surface area (Å²) in [5.41, 5.74) is -2.63. The maximum absolute atomic E-state index is 12.7. The smallest absolute Gasteiger partial charge is 0.187 e. The predicted molar refractivity (Wildman–Crippen MR) is 204 cm³/mol. The van der Waals surface area contributed by atoms with Crippen molar-refractivity contribution in [1.29, 1.82) is 0 Å². The van der Waals surface area contributed by atoms with Gasteiger partial charge in [0.1, 0.15) is 36.6 Å². The first kappa shape index (κ1) is 45.9. The molecule has 0 aromatic heterocycles. The highest BCUT2D eigenvalue weighted by molar-refractivity contribution is 5.22. The molecule has 22 atom stereocenters. The number of ether oxygens (including phenoxy) is 7. The van der Waals surface area contributed by atoms with E-state index < -0.39 is 108 Å². The molecule has 6 aliphatic rings. The summed E-state index contributed by atoms with van der Waals surface area (Å²) < 4.78 is 40.3. The van der Waals surface area contributed by atoms with Gasteiger partial charge >= 0.3 is 0 Å². The van der Waals surface area contributed by atoms with Gasteiger partial charge in [0.15, 0.2) is 12.6 Å². The van der Waals surface area contributed by atoms with Crippen LogP contribution in [-0.4, -0.2) is 167 Å². The zero-order chi connectivity index (χ0) is 41.8. The maximum Gasteiger partial charge on any atom is 0.187 e. The van der Waals surface area contributed by atoms with Crippen LogP contribution in [0.1, 0.15) is 86.0 Å². The van der Waals surface area contributed by atoms with Crippen molar-refractivity contribution in [3.8, 4) is 0 Å². The fraction of sp³-hybridized carbons (Fsp3) is 1.00. The zero-order valence-electron chi connectivity index (χ0n) is 35.3. The second-order valence-corrected chi connectivity index (χ2v) is 19.4. The Bertz CT molecular complexity index is 1310. The van der Waals surface area contributed by atoms with Gasteiger partial charge in [-0.3, -0.25) is 0 Å². The van der Waals surface area contributed by atoms with Gasteiger partial charge in [-0.15, -0.1) is 0 Å². The van der Waals surface area contributed by atoms with Crippen LogP contribution < -0.4 is 0 Å². The first-order chi connectivity index (χ1) is 26.9. The van der Waals surface area contributed by atoms with E-state index in [-0.39, 0.29) is 43.3 Å². The lowest BCUT2D eigenvalue weighted by Gasteiger charge is -2.66. The molecule has 332 valence electrons. The molecular weight excluding hydrogens is 744 g/mol. The molecule has 2 heterocycles. The van der Waals surface area contributed by atoms with Gasteiger partial charge in [0, 0.05) is 39.6 Å². The Hall–Kier alpha value is -0.600. The molecule has 0 aromatic rings. The van der Waals surface area contributed by atoms with Crippen LogP contribution in [-0.2, 0) is 33.2 Å². The number of aliphatic hydroxyl groups is 8. The molecule has 4 aliphatic carbocycles. The Morgan fingerprint density at radius 1 is 0.667 bits per heavy atom. The van der Waals surface area contributed by atoms with E-state index in [9.17, 15) is 40.9 Å². The van der Waals surface area contributed by atoms with Crippen LogP contribution in [0.5, 0.6) is 0 Å². The second-order valence-electron chi connectivity index (χ2n) is 19.4. The van der Waals surface area contributed by atoms with Crippen LogP contribution in [0, 0.1) is 52.3 Å². The van der Waals surface area contributed by atoms with Crippen LogP contribution in [0.4, 0.5) is 0 Å². The number of aliphatic hydroxyl groups excluding tert-OH is 7. The summed E-state index contributed by atoms with van der Waals surface area (Å²) >= 11 is 0. The molecule has 57 heavy (non-hydrogen) atoms. The van der Waals surface area contributed by atoms with E-state index in [1.807, 2.05) is 6.92 Å². The quantitative estimate of drug-likeness (QED) is 0.122. The fourth-order valence-electron chi connectivity index (χ4n) is 13.2. The zero-order valence-corrected chi connectivity index (χ0v) is 35.3. The number of methoxy groups -OCH3 is 3. The van der Waals surface area contributed by atoms with Gasteiger partial charge in [-0.1, -0.05) is 41.0 Å². The first-order valence-electron chi connectivity index (χ1n) is 21.5. The average Bonchev–Trinajstić information content (AvgIpc) is 3.36. The van der Waals surface area contributed by atoms with Crippen LogP contribution in [0.2, 0.25) is 0 Å². The summed E-state index contributed by atoms with van der Waals surface area (Å²) in [5.74, 6) is -1.17. The van der Waals surface area contributed by atoms with Crippen molar-refractivity contribution in [3.63, 3.8) is 0 Å². The summed E-state index contributed by atoms with van der Waals surface area (Å²) in [4.78, 5) is 0. The number of fused-ring (bicyclic) bond motifs is 5. The Morgan fingerprint density at radius 3 is 1.93 bits per heavy atom. The van der Waals surface area contributed by atoms with Gasteiger partial charge in [-0.25, -0.2) is 0 Å². The molecule has 6 fully saturated rings. The summed E-state index contributed by atoms with van der Waals surface area (Å²) in [5, 5.41) is 91.0. The fourth-order valence-corrected chi connectivity index (χ4v) is 13.2. The molecule has 2 aliphatic heterocycles. The highest BCUT2D eigenvalue weighted by Crippen LogP contribution is 2.70. The Kier molecular flexibility index (Phi) is 14.5. The summed E-state index contributed by atoms with van der Waals surface area (Å²) in [6, 6.07) is 0. The third-order valence-corrected chi connectivity index (χ3v) is 16.2. The van der Waals surface area contributed by atoms with Crippen LogP contribution in [0.25, 0.3) is 0 Å². The predicted octanol–water partition coefficient (Wildman–Crippen LogP) is 0.964. The van der Waals surface area contributed by atoms with Crippen molar-refractivity contribution in [2.24, 2.45) is 52.3 Å². The van der Waals surface area contributed by atoms with E-state index in [1.165, 1.54) is 21.3 Å². The van der Waals surface area contributed by atoms with Crippen molar-refractivity contribution in [2.75, 3.05) is 41.2 Å². The molecule has 0 unspecified atom stereocenters. The highest BCUT2D eigenvalue weighted by Gasteiger charge is 2.73. The standard InChI is InChI=1S/C42H74O15/c1-20(2)22(13-16-54-38-35(52-7)32(47)26(19-55-38)57-39-36(53-8)31(46)25(51-6)18-56-39)10-9-21(3)28-33(48)34(49)37-41(28,5)15-12-27-40(4)14-11-23(43)30(45)29(40)24(44)17-42(27,37)50/h20-39,43-50H,9-19H2,1-8H3/t21-,22-,23+,24+,25-,26-,27-,28+,29+,30+,31+,32+,33-,34-,35-,36-,37-,38-,39+,40-,41-,42+/m1/s1. The lowest BCUT2D eigenvalue weighted by atomic mass is 9.41.